The first-order chi connectivity index (χ1) is 13.8. The highest BCUT2D eigenvalue weighted by Gasteiger charge is 2.20. The first kappa shape index (κ1) is 18.3. The van der Waals surface area contributed by atoms with Crippen LogP contribution in [0, 0.1) is 0 Å². The van der Waals surface area contributed by atoms with Gasteiger partial charge in [0.05, 0.1) is 11.9 Å². The van der Waals surface area contributed by atoms with Crippen LogP contribution in [0.5, 0.6) is 0 Å². The largest absolute Gasteiger partial charge is 0.324 e. The smallest absolute Gasteiger partial charge is 0.224 e. The molecule has 5 nitrogen and oxygen atoms in total. The van der Waals surface area contributed by atoms with Crippen molar-refractivity contribution < 1.29 is 4.79 Å². The minimum absolute atomic E-state index is 0.0192. The van der Waals surface area contributed by atoms with Crippen molar-refractivity contribution in [1.29, 1.82) is 0 Å². The normalized spacial score (nSPS) is 13.7. The van der Waals surface area contributed by atoms with Crippen LogP contribution < -0.4 is 5.32 Å². The summed E-state index contributed by atoms with van der Waals surface area (Å²) in [5.41, 5.74) is 5.66. The molecule has 0 saturated carbocycles. The summed E-state index contributed by atoms with van der Waals surface area (Å²) < 4.78 is 0. The number of hydrogen-bond acceptors (Lipinski definition) is 4. The molecule has 0 spiro atoms. The fraction of sp³-hybridized carbons (Fsp3) is 0.261. The van der Waals surface area contributed by atoms with Crippen LogP contribution in [0.15, 0.2) is 67.3 Å². The summed E-state index contributed by atoms with van der Waals surface area (Å²) in [5, 5.41) is 3.06. The molecule has 1 N–H and O–H groups in total. The number of fused-ring (bicyclic) bond motifs is 1. The number of benzene rings is 1. The van der Waals surface area contributed by atoms with E-state index >= 15 is 0 Å². The van der Waals surface area contributed by atoms with E-state index in [1.807, 2.05) is 24.4 Å². The molecule has 1 amide bonds. The number of nitrogens with zero attached hydrogens (tertiary/aromatic N) is 3. The van der Waals surface area contributed by atoms with Crippen molar-refractivity contribution in [3.63, 3.8) is 0 Å². The maximum atomic E-state index is 12.4. The zero-order chi connectivity index (χ0) is 19.2. The van der Waals surface area contributed by atoms with Gasteiger partial charge in [0, 0.05) is 44.6 Å². The van der Waals surface area contributed by atoms with Crippen molar-refractivity contribution in [1.82, 2.24) is 14.9 Å². The lowest BCUT2D eigenvalue weighted by molar-refractivity contribution is -0.116. The van der Waals surface area contributed by atoms with Gasteiger partial charge in [0.25, 0.3) is 0 Å². The molecular formula is C23H24N4O. The molecule has 0 aliphatic carbocycles. The molecule has 0 saturated heterocycles. The third kappa shape index (κ3) is 4.61. The molecule has 3 aromatic rings. The third-order valence-corrected chi connectivity index (χ3v) is 5.11. The highest BCUT2D eigenvalue weighted by Crippen LogP contribution is 2.26. The van der Waals surface area contributed by atoms with E-state index in [2.05, 4.69) is 44.5 Å². The summed E-state index contributed by atoms with van der Waals surface area (Å²) in [5.74, 6) is 0.0192. The summed E-state index contributed by atoms with van der Waals surface area (Å²) in [7, 11) is 0. The van der Waals surface area contributed by atoms with Crippen LogP contribution >= 0.6 is 0 Å². The first-order valence-corrected chi connectivity index (χ1v) is 9.69. The molecule has 0 radical (unpaired) electrons. The van der Waals surface area contributed by atoms with Crippen LogP contribution in [0.1, 0.15) is 28.7 Å². The summed E-state index contributed by atoms with van der Waals surface area (Å²) in [4.78, 5) is 23.3. The highest BCUT2D eigenvalue weighted by atomic mass is 16.1. The SMILES string of the molecule is O=C(CCc1cccnc1)Nc1cncc2c1CCN(Cc1ccccc1)C2. The number of carbonyl (C=O) groups is 1. The maximum Gasteiger partial charge on any atom is 0.224 e. The molecule has 2 aromatic heterocycles. The van der Waals surface area contributed by atoms with Gasteiger partial charge >= 0.3 is 0 Å². The van der Waals surface area contributed by atoms with Gasteiger partial charge in [-0.3, -0.25) is 19.7 Å². The van der Waals surface area contributed by atoms with Crippen molar-refractivity contribution in [3.8, 4) is 0 Å². The van der Waals surface area contributed by atoms with Crippen LogP contribution in [0.2, 0.25) is 0 Å². The Hall–Kier alpha value is -3.05. The predicted octanol–water partition coefficient (Wildman–Crippen LogP) is 3.61. The number of hydrogen-bond donors (Lipinski definition) is 1. The monoisotopic (exact) mass is 372 g/mol. The van der Waals surface area contributed by atoms with Gasteiger partial charge in [-0.1, -0.05) is 36.4 Å². The molecule has 0 unspecified atom stereocenters. The van der Waals surface area contributed by atoms with Gasteiger partial charge in [-0.2, -0.15) is 0 Å². The van der Waals surface area contributed by atoms with Gasteiger partial charge < -0.3 is 5.32 Å². The van der Waals surface area contributed by atoms with Crippen molar-refractivity contribution in [2.75, 3.05) is 11.9 Å². The minimum atomic E-state index is 0.0192. The third-order valence-electron chi connectivity index (χ3n) is 5.11. The Morgan fingerprint density at radius 2 is 1.86 bits per heavy atom. The van der Waals surface area contributed by atoms with Crippen LogP contribution in [-0.2, 0) is 30.7 Å². The van der Waals surface area contributed by atoms with Crippen molar-refractivity contribution in [2.24, 2.45) is 0 Å². The average molecular weight is 372 g/mol. The fourth-order valence-corrected chi connectivity index (χ4v) is 3.65. The van der Waals surface area contributed by atoms with Gasteiger partial charge in [-0.15, -0.1) is 0 Å². The van der Waals surface area contributed by atoms with Crippen molar-refractivity contribution >= 4 is 11.6 Å². The number of pyridine rings is 2. The lowest BCUT2D eigenvalue weighted by Crippen LogP contribution is -2.31. The Labute approximate surface area is 165 Å². The Kier molecular flexibility index (Phi) is 5.73. The highest BCUT2D eigenvalue weighted by molar-refractivity contribution is 5.91. The second-order valence-corrected chi connectivity index (χ2v) is 7.18. The summed E-state index contributed by atoms with van der Waals surface area (Å²) in [6, 6.07) is 14.4. The van der Waals surface area contributed by atoms with E-state index in [1.54, 1.807) is 18.6 Å². The standard InChI is InChI=1S/C23H24N4O/c28-23(9-8-18-7-4-11-24-13-18)26-22-15-25-14-20-17-27(12-10-21(20)22)16-19-5-2-1-3-6-19/h1-7,11,13-15H,8-10,12,16-17H2,(H,26,28). The van der Waals surface area contributed by atoms with E-state index in [0.29, 0.717) is 12.8 Å². The number of anilines is 1. The second-order valence-electron chi connectivity index (χ2n) is 7.18. The molecule has 1 aliphatic rings. The van der Waals surface area contributed by atoms with Crippen LogP contribution in [0.3, 0.4) is 0 Å². The first-order valence-electron chi connectivity index (χ1n) is 9.69. The predicted molar refractivity (Wildman–Crippen MR) is 110 cm³/mol. The van der Waals surface area contributed by atoms with Gasteiger partial charge in [0.1, 0.15) is 0 Å². The van der Waals surface area contributed by atoms with E-state index in [0.717, 1.165) is 37.3 Å². The van der Waals surface area contributed by atoms with Gasteiger partial charge in [-0.05, 0) is 41.2 Å². The molecule has 0 bridgehead atoms. The number of carbonyl (C=O) groups excluding carboxylic acids is 1. The molecule has 0 atom stereocenters. The molecule has 3 heterocycles. The van der Waals surface area contributed by atoms with Gasteiger partial charge in [0.15, 0.2) is 0 Å². The quantitative estimate of drug-likeness (QED) is 0.718. The topological polar surface area (TPSA) is 58.1 Å². The van der Waals surface area contributed by atoms with E-state index in [9.17, 15) is 4.79 Å². The lowest BCUT2D eigenvalue weighted by atomic mass is 9.99. The summed E-state index contributed by atoms with van der Waals surface area (Å²) in [6.45, 7) is 2.77. The molecule has 28 heavy (non-hydrogen) atoms. The number of aryl methyl sites for hydroxylation is 1. The Bertz CT molecular complexity index is 928. The molecule has 142 valence electrons. The molecule has 5 heteroatoms. The van der Waals surface area contributed by atoms with Crippen LogP contribution in [-0.4, -0.2) is 27.3 Å². The maximum absolute atomic E-state index is 12.4. The second kappa shape index (κ2) is 8.76. The molecule has 4 rings (SSSR count). The van der Waals surface area contributed by atoms with Crippen LogP contribution in [0.4, 0.5) is 5.69 Å². The summed E-state index contributed by atoms with van der Waals surface area (Å²) >= 11 is 0. The van der Waals surface area contributed by atoms with Gasteiger partial charge in [-0.25, -0.2) is 0 Å². The average Bonchev–Trinajstić information content (AvgIpc) is 2.74. The zero-order valence-electron chi connectivity index (χ0n) is 15.8. The molecule has 1 aliphatic heterocycles. The summed E-state index contributed by atoms with van der Waals surface area (Å²) in [6.07, 6.45) is 9.30. The molecule has 1 aromatic carbocycles. The van der Waals surface area contributed by atoms with E-state index in [-0.39, 0.29) is 5.91 Å². The molecular weight excluding hydrogens is 348 g/mol. The van der Waals surface area contributed by atoms with Crippen molar-refractivity contribution in [2.45, 2.75) is 32.4 Å². The van der Waals surface area contributed by atoms with Gasteiger partial charge in [0.2, 0.25) is 5.91 Å². The van der Waals surface area contributed by atoms with E-state index in [4.69, 9.17) is 0 Å². The lowest BCUT2D eigenvalue weighted by Gasteiger charge is -2.29. The Morgan fingerprint density at radius 3 is 2.68 bits per heavy atom. The molecule has 0 fully saturated rings. The number of rotatable bonds is 6. The number of nitrogens with one attached hydrogen (secondary N) is 1. The zero-order valence-corrected chi connectivity index (χ0v) is 15.8. The number of aromatic nitrogens is 2. The van der Waals surface area contributed by atoms with E-state index < -0.39 is 0 Å². The Balaban J connectivity index is 1.38. The fourth-order valence-electron chi connectivity index (χ4n) is 3.65. The Morgan fingerprint density at radius 1 is 1.00 bits per heavy atom. The minimum Gasteiger partial charge on any atom is -0.324 e. The van der Waals surface area contributed by atoms with Crippen LogP contribution in [0.25, 0.3) is 0 Å². The van der Waals surface area contributed by atoms with Crippen molar-refractivity contribution in [3.05, 3.63) is 89.5 Å². The van der Waals surface area contributed by atoms with E-state index in [1.165, 1.54) is 16.7 Å². The number of amides is 1.